The molecule has 3 rings (SSSR count). The molecule has 28 heavy (non-hydrogen) atoms. The minimum absolute atomic E-state index is 0.00427. The lowest BCUT2D eigenvalue weighted by atomic mass is 9.93. The fourth-order valence-corrected chi connectivity index (χ4v) is 3.63. The molecule has 0 aliphatic carbocycles. The van der Waals surface area contributed by atoms with Crippen LogP contribution in [0.2, 0.25) is 0 Å². The molecule has 0 unspecified atom stereocenters. The molecule has 1 heterocycles. The second-order valence-corrected chi connectivity index (χ2v) is 8.79. The molecule has 0 saturated carbocycles. The van der Waals surface area contributed by atoms with Crippen molar-refractivity contribution < 1.29 is 22.7 Å². The highest BCUT2D eigenvalue weighted by molar-refractivity contribution is 5.88. The quantitative estimate of drug-likeness (QED) is 0.784. The van der Waals surface area contributed by atoms with Crippen molar-refractivity contribution in [2.75, 3.05) is 0 Å². The van der Waals surface area contributed by atoms with Crippen LogP contribution in [0.4, 0.5) is 13.2 Å². The molecule has 0 radical (unpaired) electrons. The van der Waals surface area contributed by atoms with E-state index in [1.165, 1.54) is 6.07 Å². The van der Waals surface area contributed by atoms with Gasteiger partial charge in [-0.15, -0.1) is 0 Å². The van der Waals surface area contributed by atoms with Gasteiger partial charge in [-0.05, 0) is 63.1 Å². The number of amides is 1. The van der Waals surface area contributed by atoms with Gasteiger partial charge in [0.15, 0.2) is 6.04 Å². The molecule has 152 valence electrons. The molecule has 1 aliphatic rings. The number of ether oxygens (including phenoxy) is 1. The zero-order valence-corrected chi connectivity index (χ0v) is 16.6. The molecule has 2 aromatic rings. The van der Waals surface area contributed by atoms with E-state index in [0.717, 1.165) is 5.01 Å². The summed E-state index contributed by atoms with van der Waals surface area (Å²) in [6.07, 6.45) is -4.60. The molecule has 1 fully saturated rings. The van der Waals surface area contributed by atoms with Crippen molar-refractivity contribution in [3.63, 3.8) is 0 Å². The van der Waals surface area contributed by atoms with E-state index in [9.17, 15) is 18.0 Å². The molecule has 1 N–H and O–H groups in total. The molecule has 1 aliphatic heterocycles. The maximum absolute atomic E-state index is 14.3. The Kier molecular flexibility index (Phi) is 4.86. The number of halogens is 3. The number of rotatable bonds is 3. The Balaban J connectivity index is 2.23. The predicted octanol–water partition coefficient (Wildman–Crippen LogP) is 5.14. The van der Waals surface area contributed by atoms with Gasteiger partial charge in [0.05, 0.1) is 0 Å². The van der Waals surface area contributed by atoms with Crippen LogP contribution in [0.15, 0.2) is 36.4 Å². The van der Waals surface area contributed by atoms with Gasteiger partial charge in [-0.1, -0.05) is 24.3 Å². The molecule has 0 spiro atoms. The second kappa shape index (κ2) is 6.65. The van der Waals surface area contributed by atoms with Crippen molar-refractivity contribution in [3.05, 3.63) is 42.0 Å². The Labute approximate surface area is 162 Å². The highest BCUT2D eigenvalue weighted by atomic mass is 19.4. The summed E-state index contributed by atoms with van der Waals surface area (Å²) in [6, 6.07) is 8.08. The molecule has 1 saturated heterocycles. The number of hydrazine groups is 1. The van der Waals surface area contributed by atoms with E-state index in [1.54, 1.807) is 44.2 Å². The van der Waals surface area contributed by atoms with E-state index in [-0.39, 0.29) is 12.0 Å². The van der Waals surface area contributed by atoms with Crippen LogP contribution < -0.4 is 10.2 Å². The number of alkyl halides is 3. The van der Waals surface area contributed by atoms with Gasteiger partial charge in [0.25, 0.3) is 0 Å². The summed E-state index contributed by atoms with van der Waals surface area (Å²) >= 11 is 0. The Morgan fingerprint density at radius 1 is 1.14 bits per heavy atom. The van der Waals surface area contributed by atoms with Crippen molar-refractivity contribution in [2.24, 2.45) is 0 Å². The SMILES string of the molecule is CC(C)(C)Oc1cc([C@H](N2NC(=O)CC2(C)C)C(F)(F)F)c2ccccc2c1. The molecule has 4 nitrogen and oxygen atoms in total. The number of nitrogens with one attached hydrogen (secondary N) is 1. The van der Waals surface area contributed by atoms with Crippen molar-refractivity contribution in [1.29, 1.82) is 0 Å². The fourth-order valence-electron chi connectivity index (χ4n) is 3.63. The Hall–Kier alpha value is -2.28. The molecule has 0 aromatic heterocycles. The smallest absolute Gasteiger partial charge is 0.409 e. The van der Waals surface area contributed by atoms with Crippen LogP contribution in [-0.2, 0) is 4.79 Å². The summed E-state index contributed by atoms with van der Waals surface area (Å²) in [6.45, 7) is 8.77. The summed E-state index contributed by atoms with van der Waals surface area (Å²) in [5, 5.41) is 2.15. The van der Waals surface area contributed by atoms with Gasteiger partial charge in [-0.3, -0.25) is 10.2 Å². The van der Waals surface area contributed by atoms with Gasteiger partial charge < -0.3 is 4.74 Å². The average molecular weight is 394 g/mol. The van der Waals surface area contributed by atoms with Crippen molar-refractivity contribution in [3.8, 4) is 5.75 Å². The van der Waals surface area contributed by atoms with E-state index in [2.05, 4.69) is 5.43 Å². The number of benzene rings is 2. The summed E-state index contributed by atoms with van der Waals surface area (Å²) < 4.78 is 48.8. The third kappa shape index (κ3) is 4.09. The minimum atomic E-state index is -4.60. The summed E-state index contributed by atoms with van der Waals surface area (Å²) in [7, 11) is 0. The topological polar surface area (TPSA) is 41.6 Å². The van der Waals surface area contributed by atoms with Crippen molar-refractivity contribution >= 4 is 16.7 Å². The van der Waals surface area contributed by atoms with E-state index in [1.807, 2.05) is 20.8 Å². The summed E-state index contributed by atoms with van der Waals surface area (Å²) in [5.41, 5.74) is 0.923. The highest BCUT2D eigenvalue weighted by Crippen LogP contribution is 2.46. The summed E-state index contributed by atoms with van der Waals surface area (Å²) in [4.78, 5) is 11.9. The van der Waals surface area contributed by atoms with Crippen LogP contribution in [-0.4, -0.2) is 28.2 Å². The lowest BCUT2D eigenvalue weighted by Crippen LogP contribution is -2.51. The zero-order chi connectivity index (χ0) is 20.9. The predicted molar refractivity (Wildman–Crippen MR) is 102 cm³/mol. The normalized spacial score (nSPS) is 18.9. The van der Waals surface area contributed by atoms with Crippen LogP contribution in [0.3, 0.4) is 0 Å². The lowest BCUT2D eigenvalue weighted by Gasteiger charge is -2.38. The third-order valence-electron chi connectivity index (χ3n) is 4.64. The standard InChI is InChI=1S/C21H25F3N2O2/c1-19(2,3)28-14-10-13-8-6-7-9-15(13)16(11-14)18(21(22,23)24)26-20(4,5)12-17(27)25-26/h6-11,18H,12H2,1-5H3,(H,25,27)/t18-/m0/s1. The largest absolute Gasteiger partial charge is 0.488 e. The minimum Gasteiger partial charge on any atom is -0.488 e. The Bertz CT molecular complexity index is 901. The molecule has 1 amide bonds. The third-order valence-corrected chi connectivity index (χ3v) is 4.64. The molecular formula is C21H25F3N2O2. The van der Waals surface area contributed by atoms with Crippen LogP contribution >= 0.6 is 0 Å². The Morgan fingerprint density at radius 2 is 1.79 bits per heavy atom. The summed E-state index contributed by atoms with van der Waals surface area (Å²) in [5.74, 6) is -0.0653. The number of carbonyl (C=O) groups excluding carboxylic acids is 1. The van der Waals surface area contributed by atoms with E-state index >= 15 is 0 Å². The highest BCUT2D eigenvalue weighted by Gasteiger charge is 2.53. The van der Waals surface area contributed by atoms with Gasteiger partial charge in [0.1, 0.15) is 11.4 Å². The van der Waals surface area contributed by atoms with Crippen molar-refractivity contribution in [1.82, 2.24) is 10.4 Å². The van der Waals surface area contributed by atoms with Gasteiger partial charge in [0.2, 0.25) is 5.91 Å². The maximum Gasteiger partial charge on any atom is 0.409 e. The number of carbonyl (C=O) groups is 1. The van der Waals surface area contributed by atoms with E-state index in [0.29, 0.717) is 16.5 Å². The number of nitrogens with zero attached hydrogens (tertiary/aromatic N) is 1. The Morgan fingerprint density at radius 3 is 2.32 bits per heavy atom. The second-order valence-electron chi connectivity index (χ2n) is 8.79. The zero-order valence-electron chi connectivity index (χ0n) is 16.6. The lowest BCUT2D eigenvalue weighted by molar-refractivity contribution is -0.203. The van der Waals surface area contributed by atoms with Gasteiger partial charge in [-0.2, -0.15) is 18.2 Å². The molecular weight excluding hydrogens is 369 g/mol. The first-order valence-electron chi connectivity index (χ1n) is 9.15. The molecule has 0 bridgehead atoms. The first kappa shape index (κ1) is 20.5. The van der Waals surface area contributed by atoms with Crippen LogP contribution in [0.1, 0.15) is 52.6 Å². The van der Waals surface area contributed by atoms with Crippen LogP contribution in [0, 0.1) is 0 Å². The van der Waals surface area contributed by atoms with E-state index < -0.39 is 29.3 Å². The average Bonchev–Trinajstić information content (AvgIpc) is 2.76. The number of hydrogen-bond acceptors (Lipinski definition) is 3. The van der Waals surface area contributed by atoms with E-state index in [4.69, 9.17) is 4.74 Å². The number of fused-ring (bicyclic) bond motifs is 1. The van der Waals surface area contributed by atoms with Crippen LogP contribution in [0.5, 0.6) is 5.75 Å². The fraction of sp³-hybridized carbons (Fsp3) is 0.476. The van der Waals surface area contributed by atoms with Crippen LogP contribution in [0.25, 0.3) is 10.8 Å². The molecule has 2 aromatic carbocycles. The van der Waals surface area contributed by atoms with Crippen molar-refractivity contribution in [2.45, 2.75) is 64.4 Å². The van der Waals surface area contributed by atoms with Gasteiger partial charge >= 0.3 is 6.18 Å². The maximum atomic E-state index is 14.3. The molecule has 7 heteroatoms. The first-order chi connectivity index (χ1) is 12.8. The van der Waals surface area contributed by atoms with Gasteiger partial charge in [0, 0.05) is 12.0 Å². The number of hydrogen-bond donors (Lipinski definition) is 1. The van der Waals surface area contributed by atoms with Gasteiger partial charge in [-0.25, -0.2) is 0 Å². The monoisotopic (exact) mass is 394 g/mol. The molecule has 1 atom stereocenters. The first-order valence-corrected chi connectivity index (χ1v) is 9.15.